The number of hydrogen-bond donors (Lipinski definition) is 1. The topological polar surface area (TPSA) is 68.0 Å². The molecule has 2 unspecified atom stereocenters. The summed E-state index contributed by atoms with van der Waals surface area (Å²) in [5.41, 5.74) is -0.0191. The number of aliphatic carboxylic acids is 1. The number of carboxylic acids is 1. The van der Waals surface area contributed by atoms with Gasteiger partial charge in [0.05, 0.1) is 5.92 Å². The SMILES string of the molecule is CCC1CC(C(=O)O)Cc2nnc(C(C)(C)CC)n21. The van der Waals surface area contributed by atoms with Gasteiger partial charge in [0.2, 0.25) is 0 Å². The van der Waals surface area contributed by atoms with Crippen LogP contribution in [0.5, 0.6) is 0 Å². The van der Waals surface area contributed by atoms with E-state index in [1.165, 1.54) is 0 Å². The molecule has 0 fully saturated rings. The Morgan fingerprint density at radius 3 is 2.63 bits per heavy atom. The average molecular weight is 265 g/mol. The van der Waals surface area contributed by atoms with Gasteiger partial charge in [-0.25, -0.2) is 0 Å². The zero-order valence-electron chi connectivity index (χ0n) is 12.2. The molecular formula is C14H23N3O2. The number of rotatable bonds is 4. The van der Waals surface area contributed by atoms with Gasteiger partial charge in [-0.05, 0) is 19.3 Å². The molecule has 106 valence electrons. The number of nitrogens with zero attached hydrogens (tertiary/aromatic N) is 3. The van der Waals surface area contributed by atoms with Gasteiger partial charge >= 0.3 is 5.97 Å². The van der Waals surface area contributed by atoms with E-state index < -0.39 is 5.97 Å². The molecule has 2 heterocycles. The fourth-order valence-corrected chi connectivity index (χ4v) is 2.74. The van der Waals surface area contributed by atoms with Gasteiger partial charge in [-0.2, -0.15) is 0 Å². The van der Waals surface area contributed by atoms with Gasteiger partial charge in [0.15, 0.2) is 0 Å². The highest BCUT2D eigenvalue weighted by Gasteiger charge is 2.36. The molecule has 0 saturated heterocycles. The van der Waals surface area contributed by atoms with Crippen molar-refractivity contribution in [2.24, 2.45) is 5.92 Å². The number of carbonyl (C=O) groups is 1. The third-order valence-electron chi connectivity index (χ3n) is 4.43. The molecule has 0 saturated carbocycles. The Morgan fingerprint density at radius 2 is 2.11 bits per heavy atom. The molecular weight excluding hydrogens is 242 g/mol. The lowest BCUT2D eigenvalue weighted by Gasteiger charge is -2.32. The van der Waals surface area contributed by atoms with Crippen molar-refractivity contribution in [2.75, 3.05) is 0 Å². The van der Waals surface area contributed by atoms with Gasteiger partial charge in [0, 0.05) is 17.9 Å². The van der Waals surface area contributed by atoms with Gasteiger partial charge in [-0.3, -0.25) is 4.79 Å². The quantitative estimate of drug-likeness (QED) is 0.908. The van der Waals surface area contributed by atoms with Crippen molar-refractivity contribution in [1.29, 1.82) is 0 Å². The van der Waals surface area contributed by atoms with Crippen LogP contribution < -0.4 is 0 Å². The fourth-order valence-electron chi connectivity index (χ4n) is 2.74. The predicted octanol–water partition coefficient (Wildman–Crippen LogP) is 2.56. The van der Waals surface area contributed by atoms with E-state index >= 15 is 0 Å². The first-order chi connectivity index (χ1) is 8.90. The fraction of sp³-hybridized carbons (Fsp3) is 0.786. The minimum atomic E-state index is -0.719. The molecule has 0 spiro atoms. The Bertz CT molecular complexity index is 479. The first-order valence-electron chi connectivity index (χ1n) is 7.07. The first-order valence-corrected chi connectivity index (χ1v) is 7.07. The molecule has 5 nitrogen and oxygen atoms in total. The minimum Gasteiger partial charge on any atom is -0.481 e. The van der Waals surface area contributed by atoms with E-state index in [4.69, 9.17) is 0 Å². The van der Waals surface area contributed by atoms with E-state index in [1.807, 2.05) is 0 Å². The lowest BCUT2D eigenvalue weighted by molar-refractivity contribution is -0.142. The van der Waals surface area contributed by atoms with Crippen LogP contribution in [-0.2, 0) is 16.6 Å². The summed E-state index contributed by atoms with van der Waals surface area (Å²) in [4.78, 5) is 11.2. The van der Waals surface area contributed by atoms with Crippen molar-refractivity contribution in [2.45, 2.75) is 64.8 Å². The van der Waals surface area contributed by atoms with E-state index in [-0.39, 0.29) is 17.4 Å². The number of fused-ring (bicyclic) bond motifs is 1. The first kappa shape index (κ1) is 14.0. The summed E-state index contributed by atoms with van der Waals surface area (Å²) in [5.74, 6) is 0.797. The predicted molar refractivity (Wildman–Crippen MR) is 72.1 cm³/mol. The van der Waals surface area contributed by atoms with Crippen molar-refractivity contribution in [3.63, 3.8) is 0 Å². The molecule has 0 amide bonds. The normalized spacial score (nSPS) is 23.2. The Kier molecular flexibility index (Phi) is 3.65. The van der Waals surface area contributed by atoms with E-state index in [0.29, 0.717) is 12.8 Å². The molecule has 0 aromatic carbocycles. The lowest BCUT2D eigenvalue weighted by atomic mass is 9.86. The van der Waals surface area contributed by atoms with Crippen molar-refractivity contribution < 1.29 is 9.90 Å². The number of hydrogen-bond acceptors (Lipinski definition) is 3. The molecule has 1 N–H and O–H groups in total. The third-order valence-corrected chi connectivity index (χ3v) is 4.43. The number of carboxylic acid groups (broad SMARTS) is 1. The van der Waals surface area contributed by atoms with Gasteiger partial charge in [0.1, 0.15) is 11.6 Å². The summed E-state index contributed by atoms with van der Waals surface area (Å²) in [6.45, 7) is 8.58. The Hall–Kier alpha value is -1.39. The molecule has 1 aromatic rings. The van der Waals surface area contributed by atoms with Crippen LogP contribution in [0.3, 0.4) is 0 Å². The average Bonchev–Trinajstić information content (AvgIpc) is 2.81. The highest BCUT2D eigenvalue weighted by molar-refractivity contribution is 5.70. The van der Waals surface area contributed by atoms with E-state index in [9.17, 15) is 9.90 Å². The van der Waals surface area contributed by atoms with E-state index in [2.05, 4.69) is 42.5 Å². The second-order valence-electron chi connectivity index (χ2n) is 6.08. The van der Waals surface area contributed by atoms with Crippen molar-refractivity contribution in [1.82, 2.24) is 14.8 Å². The van der Waals surface area contributed by atoms with Crippen LogP contribution in [0.2, 0.25) is 0 Å². The van der Waals surface area contributed by atoms with Crippen LogP contribution in [0.25, 0.3) is 0 Å². The molecule has 19 heavy (non-hydrogen) atoms. The van der Waals surface area contributed by atoms with Crippen LogP contribution in [-0.4, -0.2) is 25.8 Å². The van der Waals surface area contributed by atoms with E-state index in [1.54, 1.807) is 0 Å². The summed E-state index contributed by atoms with van der Waals surface area (Å²) in [7, 11) is 0. The van der Waals surface area contributed by atoms with Crippen LogP contribution in [0.15, 0.2) is 0 Å². The summed E-state index contributed by atoms with van der Waals surface area (Å²) in [6, 6.07) is 0.209. The summed E-state index contributed by atoms with van der Waals surface area (Å²) in [6.07, 6.45) is 3.09. The molecule has 2 atom stereocenters. The molecule has 2 rings (SSSR count). The maximum atomic E-state index is 11.2. The van der Waals surface area contributed by atoms with E-state index in [0.717, 1.165) is 24.5 Å². The van der Waals surface area contributed by atoms with Crippen LogP contribution >= 0.6 is 0 Å². The molecule has 0 radical (unpaired) electrons. The number of aromatic nitrogens is 3. The van der Waals surface area contributed by atoms with Gasteiger partial charge < -0.3 is 9.67 Å². The minimum absolute atomic E-state index is 0.0191. The molecule has 1 aliphatic heterocycles. The Balaban J connectivity index is 2.44. The van der Waals surface area contributed by atoms with Crippen LogP contribution in [0.1, 0.15) is 64.6 Å². The van der Waals surface area contributed by atoms with Gasteiger partial charge in [0.25, 0.3) is 0 Å². The van der Waals surface area contributed by atoms with Crippen LogP contribution in [0.4, 0.5) is 0 Å². The molecule has 0 bridgehead atoms. The van der Waals surface area contributed by atoms with Gasteiger partial charge in [-0.15, -0.1) is 10.2 Å². The van der Waals surface area contributed by atoms with Crippen LogP contribution in [0, 0.1) is 5.92 Å². The highest BCUT2D eigenvalue weighted by atomic mass is 16.4. The summed E-state index contributed by atoms with van der Waals surface area (Å²) < 4.78 is 2.20. The molecule has 1 aliphatic rings. The maximum Gasteiger partial charge on any atom is 0.307 e. The maximum absolute atomic E-state index is 11.2. The largest absolute Gasteiger partial charge is 0.481 e. The second-order valence-corrected chi connectivity index (χ2v) is 6.08. The summed E-state index contributed by atoms with van der Waals surface area (Å²) in [5, 5.41) is 17.8. The van der Waals surface area contributed by atoms with Gasteiger partial charge in [-0.1, -0.05) is 27.7 Å². The zero-order chi connectivity index (χ0) is 14.2. The third kappa shape index (κ3) is 2.38. The smallest absolute Gasteiger partial charge is 0.307 e. The Morgan fingerprint density at radius 1 is 1.42 bits per heavy atom. The second kappa shape index (κ2) is 4.94. The van der Waals surface area contributed by atoms with Crippen molar-refractivity contribution in [3.8, 4) is 0 Å². The highest BCUT2D eigenvalue weighted by Crippen LogP contribution is 2.36. The molecule has 1 aromatic heterocycles. The summed E-state index contributed by atoms with van der Waals surface area (Å²) >= 11 is 0. The molecule has 5 heteroatoms. The van der Waals surface area contributed by atoms with Crippen molar-refractivity contribution >= 4 is 5.97 Å². The monoisotopic (exact) mass is 265 g/mol. The molecule has 0 aliphatic carbocycles. The van der Waals surface area contributed by atoms with Crippen molar-refractivity contribution in [3.05, 3.63) is 11.6 Å². The Labute approximate surface area is 114 Å². The zero-order valence-corrected chi connectivity index (χ0v) is 12.2. The standard InChI is InChI=1S/C14H23N3O2/c1-5-10-7-9(12(18)19)8-11-15-16-13(17(10)11)14(3,4)6-2/h9-10H,5-8H2,1-4H3,(H,18,19). The lowest BCUT2D eigenvalue weighted by Crippen LogP contribution is -2.33.